The number of thioether (sulfide) groups is 1. The van der Waals surface area contributed by atoms with E-state index in [0.29, 0.717) is 5.92 Å². The number of benzene rings is 2. The fourth-order valence-corrected chi connectivity index (χ4v) is 6.61. The topological polar surface area (TPSA) is 38.4 Å². The van der Waals surface area contributed by atoms with Gasteiger partial charge in [-0.3, -0.25) is 4.99 Å². The molecule has 0 radical (unpaired) electrons. The van der Waals surface area contributed by atoms with Crippen LogP contribution in [0.25, 0.3) is 20.2 Å². The van der Waals surface area contributed by atoms with Gasteiger partial charge in [0.2, 0.25) is 0 Å². The summed E-state index contributed by atoms with van der Waals surface area (Å²) in [5, 5.41) is 2.60. The summed E-state index contributed by atoms with van der Waals surface area (Å²) < 4.78 is 2.77. The molecule has 1 fully saturated rings. The molecule has 2 N–H and O–H groups in total. The van der Waals surface area contributed by atoms with E-state index in [1.54, 1.807) is 0 Å². The van der Waals surface area contributed by atoms with Gasteiger partial charge in [-0.05, 0) is 55.2 Å². The number of rotatable bonds is 1. The van der Waals surface area contributed by atoms with Crippen LogP contribution in [0.2, 0.25) is 0 Å². The van der Waals surface area contributed by atoms with Gasteiger partial charge in [-0.15, -0.1) is 29.0 Å². The zero-order valence-corrected chi connectivity index (χ0v) is 16.5. The molecule has 1 aromatic heterocycles. The summed E-state index contributed by atoms with van der Waals surface area (Å²) in [7, 11) is 0. The molecular formula is C22H20N2S2. The van der Waals surface area contributed by atoms with E-state index in [4.69, 9.17) is 10.7 Å². The highest BCUT2D eigenvalue weighted by Crippen LogP contribution is 2.57. The summed E-state index contributed by atoms with van der Waals surface area (Å²) in [6.07, 6.45) is 1.18. The van der Waals surface area contributed by atoms with Gasteiger partial charge in [0.25, 0.3) is 0 Å². The number of amidine groups is 1. The second kappa shape index (κ2) is 5.77. The third-order valence-electron chi connectivity index (χ3n) is 5.62. The fraction of sp³-hybridized carbons (Fsp3) is 0.318. The largest absolute Gasteiger partial charge is 0.386 e. The van der Waals surface area contributed by atoms with Crippen molar-refractivity contribution < 1.29 is 0 Å². The van der Waals surface area contributed by atoms with Gasteiger partial charge in [0.15, 0.2) is 0 Å². The normalized spacial score (nSPS) is 27.4. The number of fused-ring (bicyclic) bond motifs is 3. The zero-order valence-electron chi connectivity index (χ0n) is 14.9. The molecule has 1 aliphatic carbocycles. The van der Waals surface area contributed by atoms with E-state index in [1.165, 1.54) is 32.2 Å². The van der Waals surface area contributed by atoms with Crippen LogP contribution in [-0.4, -0.2) is 16.3 Å². The molecule has 0 bridgehead atoms. The minimum atomic E-state index is 0.142. The standard InChI is InChI=1S/C22H20N2S2/c1-3-4-14-5-7-19-16(9-14)17-10-15(6-8-20(17)26-19)18-12-25-22(11-13(22)2)21(23)24-18/h5-10,13,18H,11-12H2,1-2H3,(H2,23,24)/t13?,18-,22+/m0/s1. The van der Waals surface area contributed by atoms with Gasteiger partial charge < -0.3 is 5.73 Å². The molecule has 3 aromatic rings. The lowest BCUT2D eigenvalue weighted by Crippen LogP contribution is -2.34. The number of thiophene rings is 1. The Kier molecular flexibility index (Phi) is 3.60. The third kappa shape index (κ3) is 2.38. The molecule has 1 aliphatic heterocycles. The van der Waals surface area contributed by atoms with Crippen molar-refractivity contribution in [3.05, 3.63) is 47.5 Å². The average Bonchev–Trinajstić information content (AvgIpc) is 3.15. The molecule has 0 saturated heterocycles. The summed E-state index contributed by atoms with van der Waals surface area (Å²) in [5.74, 6) is 8.70. The van der Waals surface area contributed by atoms with Gasteiger partial charge in [0.05, 0.1) is 10.8 Å². The van der Waals surface area contributed by atoms with Crippen molar-refractivity contribution in [2.24, 2.45) is 16.6 Å². The second-order valence-electron chi connectivity index (χ2n) is 7.28. The molecular weight excluding hydrogens is 356 g/mol. The highest BCUT2D eigenvalue weighted by Gasteiger charge is 2.56. The first-order valence-corrected chi connectivity index (χ1v) is 10.8. The monoisotopic (exact) mass is 376 g/mol. The SMILES string of the molecule is CC#Cc1ccc2sc3ccc([C@@H]4CS[C@@]5(CC5C)C(N)=N4)cc3c2c1. The number of aliphatic imine (C=N–C) groups is 1. The number of hydrogen-bond donors (Lipinski definition) is 1. The average molecular weight is 377 g/mol. The van der Waals surface area contributed by atoms with Crippen LogP contribution < -0.4 is 5.73 Å². The van der Waals surface area contributed by atoms with Gasteiger partial charge >= 0.3 is 0 Å². The summed E-state index contributed by atoms with van der Waals surface area (Å²) >= 11 is 3.84. The molecule has 2 aliphatic rings. The summed E-state index contributed by atoms with van der Waals surface area (Å²) in [5.41, 5.74) is 8.69. The van der Waals surface area contributed by atoms with Crippen LogP contribution in [0.15, 0.2) is 41.4 Å². The lowest BCUT2D eigenvalue weighted by molar-refractivity contribution is 0.798. The molecule has 2 aromatic carbocycles. The minimum Gasteiger partial charge on any atom is -0.386 e. The summed E-state index contributed by atoms with van der Waals surface area (Å²) in [6.45, 7) is 4.15. The Labute approximate surface area is 161 Å². The summed E-state index contributed by atoms with van der Waals surface area (Å²) in [6, 6.07) is 13.4. The Morgan fingerprint density at radius 3 is 2.58 bits per heavy atom. The highest BCUT2D eigenvalue weighted by atomic mass is 32.2. The zero-order chi connectivity index (χ0) is 17.9. The molecule has 2 nitrogen and oxygen atoms in total. The Morgan fingerprint density at radius 2 is 1.88 bits per heavy atom. The van der Waals surface area contributed by atoms with E-state index in [1.807, 2.05) is 30.0 Å². The number of nitrogens with two attached hydrogens (primary N) is 1. The molecule has 1 unspecified atom stereocenters. The van der Waals surface area contributed by atoms with Crippen LogP contribution in [0.1, 0.15) is 37.4 Å². The van der Waals surface area contributed by atoms with Crippen molar-refractivity contribution in [2.75, 3.05) is 5.75 Å². The maximum Gasteiger partial charge on any atom is 0.111 e. The van der Waals surface area contributed by atoms with E-state index in [9.17, 15) is 0 Å². The number of hydrogen-bond acceptors (Lipinski definition) is 4. The molecule has 2 heterocycles. The maximum atomic E-state index is 6.35. The van der Waals surface area contributed by atoms with Crippen molar-refractivity contribution in [2.45, 2.75) is 31.1 Å². The predicted octanol–water partition coefficient (Wildman–Crippen LogP) is 5.35. The van der Waals surface area contributed by atoms with E-state index in [0.717, 1.165) is 17.2 Å². The van der Waals surface area contributed by atoms with E-state index >= 15 is 0 Å². The van der Waals surface area contributed by atoms with Crippen LogP contribution in [0.3, 0.4) is 0 Å². The highest BCUT2D eigenvalue weighted by molar-refractivity contribution is 8.01. The smallest absolute Gasteiger partial charge is 0.111 e. The van der Waals surface area contributed by atoms with Crippen molar-refractivity contribution in [1.29, 1.82) is 0 Å². The van der Waals surface area contributed by atoms with E-state index < -0.39 is 0 Å². The summed E-state index contributed by atoms with van der Waals surface area (Å²) in [4.78, 5) is 4.89. The Hall–Kier alpha value is -1.96. The Bertz CT molecular complexity index is 1130. The number of nitrogens with zero attached hydrogens (tertiary/aromatic N) is 1. The lowest BCUT2D eigenvalue weighted by atomic mass is 10.0. The van der Waals surface area contributed by atoms with Gasteiger partial charge in [0, 0.05) is 31.5 Å². The van der Waals surface area contributed by atoms with E-state index in [2.05, 4.69) is 55.2 Å². The van der Waals surface area contributed by atoms with Crippen LogP contribution in [0, 0.1) is 17.8 Å². The van der Waals surface area contributed by atoms with Gasteiger partial charge in [-0.25, -0.2) is 0 Å². The minimum absolute atomic E-state index is 0.142. The Morgan fingerprint density at radius 1 is 1.15 bits per heavy atom. The quantitative estimate of drug-likeness (QED) is 0.581. The lowest BCUT2D eigenvalue weighted by Gasteiger charge is -2.26. The third-order valence-corrected chi connectivity index (χ3v) is 8.55. The first-order chi connectivity index (χ1) is 12.6. The van der Waals surface area contributed by atoms with Crippen molar-refractivity contribution in [1.82, 2.24) is 0 Å². The fourth-order valence-electron chi connectivity index (χ4n) is 3.97. The molecule has 4 heteroatoms. The van der Waals surface area contributed by atoms with Crippen LogP contribution in [-0.2, 0) is 0 Å². The van der Waals surface area contributed by atoms with Crippen LogP contribution in [0.4, 0.5) is 0 Å². The van der Waals surface area contributed by atoms with Crippen molar-refractivity contribution in [3.63, 3.8) is 0 Å². The van der Waals surface area contributed by atoms with Crippen molar-refractivity contribution >= 4 is 49.1 Å². The molecule has 5 rings (SSSR count). The predicted molar refractivity (Wildman–Crippen MR) is 115 cm³/mol. The van der Waals surface area contributed by atoms with E-state index in [-0.39, 0.29) is 10.8 Å². The molecule has 3 atom stereocenters. The first kappa shape index (κ1) is 16.2. The molecule has 1 spiro atoms. The van der Waals surface area contributed by atoms with Gasteiger partial charge in [-0.1, -0.05) is 18.9 Å². The molecule has 0 amide bonds. The molecule has 1 saturated carbocycles. The van der Waals surface area contributed by atoms with Gasteiger partial charge in [0.1, 0.15) is 5.84 Å². The maximum absolute atomic E-state index is 6.35. The van der Waals surface area contributed by atoms with Crippen LogP contribution >= 0.6 is 23.1 Å². The van der Waals surface area contributed by atoms with Gasteiger partial charge in [-0.2, -0.15) is 0 Å². The Balaban J connectivity index is 1.60. The van der Waals surface area contributed by atoms with Crippen LogP contribution in [0.5, 0.6) is 0 Å². The first-order valence-electron chi connectivity index (χ1n) is 8.97. The molecule has 130 valence electrons. The van der Waals surface area contributed by atoms with Crippen molar-refractivity contribution in [3.8, 4) is 11.8 Å². The second-order valence-corrected chi connectivity index (χ2v) is 9.71. The molecule has 26 heavy (non-hydrogen) atoms.